The molecule has 2 fully saturated rings. The van der Waals surface area contributed by atoms with Crippen molar-refractivity contribution in [3.8, 4) is 16.8 Å². The summed E-state index contributed by atoms with van der Waals surface area (Å²) in [6, 6.07) is 13.1. The van der Waals surface area contributed by atoms with Crippen molar-refractivity contribution in [2.24, 2.45) is 0 Å². The van der Waals surface area contributed by atoms with E-state index in [2.05, 4.69) is 50.1 Å². The highest BCUT2D eigenvalue weighted by molar-refractivity contribution is 5.85. The highest BCUT2D eigenvalue weighted by atomic mass is 15.3. The monoisotopic (exact) mass is 438 g/mol. The first-order valence-electron chi connectivity index (χ1n) is 12.2. The second-order valence-corrected chi connectivity index (χ2v) is 9.32. The molecule has 33 heavy (non-hydrogen) atoms. The van der Waals surface area contributed by atoms with Crippen molar-refractivity contribution in [3.63, 3.8) is 0 Å². The molecule has 0 atom stereocenters. The van der Waals surface area contributed by atoms with E-state index in [-0.39, 0.29) is 0 Å². The summed E-state index contributed by atoms with van der Waals surface area (Å²) in [5, 5.41) is 5.84. The Bertz CT molecular complexity index is 1250. The van der Waals surface area contributed by atoms with Crippen molar-refractivity contribution in [3.05, 3.63) is 66.7 Å². The fourth-order valence-corrected chi connectivity index (χ4v) is 5.18. The molecule has 0 radical (unpaired) electrons. The number of rotatable bonds is 5. The van der Waals surface area contributed by atoms with Crippen molar-refractivity contribution in [1.29, 1.82) is 0 Å². The van der Waals surface area contributed by atoms with Gasteiger partial charge in [0, 0.05) is 55.2 Å². The molecule has 3 aromatic heterocycles. The summed E-state index contributed by atoms with van der Waals surface area (Å²) < 4.78 is 2.02. The van der Waals surface area contributed by atoms with E-state index in [1.165, 1.54) is 61.9 Å². The second-order valence-electron chi connectivity index (χ2n) is 9.32. The molecule has 168 valence electrons. The molecule has 2 aliphatic rings. The van der Waals surface area contributed by atoms with Gasteiger partial charge >= 0.3 is 0 Å². The molecule has 1 aromatic carbocycles. The summed E-state index contributed by atoms with van der Waals surface area (Å²) >= 11 is 0. The number of nitrogens with zero attached hydrogens (tertiary/aromatic N) is 6. The van der Waals surface area contributed by atoms with Gasteiger partial charge in [-0.25, -0.2) is 9.67 Å². The van der Waals surface area contributed by atoms with E-state index in [0.29, 0.717) is 0 Å². The number of anilines is 1. The number of likely N-dealkylation sites (tertiary alicyclic amines) is 1. The third-order valence-corrected chi connectivity index (χ3v) is 6.95. The molecule has 6 nitrogen and oxygen atoms in total. The minimum absolute atomic E-state index is 0.989. The molecule has 0 bridgehead atoms. The van der Waals surface area contributed by atoms with Gasteiger partial charge in [-0.1, -0.05) is 12.5 Å². The second kappa shape index (κ2) is 8.94. The maximum Gasteiger partial charge on any atom is 0.130 e. The van der Waals surface area contributed by atoms with Crippen molar-refractivity contribution in [2.75, 3.05) is 31.1 Å². The standard InChI is InChI=1S/C27H30N6/c1-2-10-31(11-3-1)20-21-14-23(18-28-17-21)22-6-7-26-24(15-22)19-30-33(26)25-8-9-29-27(16-25)32-12-4-5-13-32/h6-9,14-19H,1-5,10-13,20H2. The van der Waals surface area contributed by atoms with Crippen molar-refractivity contribution >= 4 is 16.7 Å². The highest BCUT2D eigenvalue weighted by Crippen LogP contribution is 2.28. The fourth-order valence-electron chi connectivity index (χ4n) is 5.18. The van der Waals surface area contributed by atoms with E-state index in [1.54, 1.807) is 0 Å². The lowest BCUT2D eigenvalue weighted by atomic mass is 10.0. The first-order chi connectivity index (χ1) is 16.3. The first kappa shape index (κ1) is 20.4. The third-order valence-electron chi connectivity index (χ3n) is 6.95. The molecule has 6 rings (SSSR count). The Kier molecular flexibility index (Phi) is 5.52. The van der Waals surface area contributed by atoms with E-state index in [1.807, 2.05) is 35.5 Å². The van der Waals surface area contributed by atoms with Crippen LogP contribution in [0.25, 0.3) is 27.7 Å². The lowest BCUT2D eigenvalue weighted by Crippen LogP contribution is -2.29. The zero-order valence-electron chi connectivity index (χ0n) is 19.0. The van der Waals surface area contributed by atoms with Gasteiger partial charge < -0.3 is 4.90 Å². The van der Waals surface area contributed by atoms with Crippen molar-refractivity contribution in [1.82, 2.24) is 24.6 Å². The van der Waals surface area contributed by atoms with Crippen molar-refractivity contribution in [2.45, 2.75) is 38.6 Å². The SMILES string of the molecule is c1cc(-n2ncc3cc(-c4cncc(CN5CCCCC5)c4)ccc32)cc(N2CCCC2)n1. The van der Waals surface area contributed by atoms with E-state index < -0.39 is 0 Å². The number of piperidine rings is 1. The normalized spacial score (nSPS) is 17.2. The first-order valence-corrected chi connectivity index (χ1v) is 12.2. The molecule has 6 heteroatoms. The summed E-state index contributed by atoms with van der Waals surface area (Å²) in [7, 11) is 0. The van der Waals surface area contributed by atoms with Crippen LogP contribution in [0.1, 0.15) is 37.7 Å². The van der Waals surface area contributed by atoms with Gasteiger partial charge in [-0.15, -0.1) is 0 Å². The Morgan fingerprint density at radius 3 is 2.48 bits per heavy atom. The summed E-state index contributed by atoms with van der Waals surface area (Å²) in [5.74, 6) is 1.04. The van der Waals surface area contributed by atoms with Crippen LogP contribution in [-0.2, 0) is 6.54 Å². The van der Waals surface area contributed by atoms with Crippen LogP contribution in [0.4, 0.5) is 5.82 Å². The molecule has 0 amide bonds. The largest absolute Gasteiger partial charge is 0.357 e. The average molecular weight is 439 g/mol. The Morgan fingerprint density at radius 1 is 0.758 bits per heavy atom. The number of aromatic nitrogens is 4. The Balaban J connectivity index is 1.27. The van der Waals surface area contributed by atoms with E-state index >= 15 is 0 Å². The maximum atomic E-state index is 4.71. The van der Waals surface area contributed by atoms with Gasteiger partial charge in [0.2, 0.25) is 0 Å². The molecule has 2 saturated heterocycles. The van der Waals surface area contributed by atoms with E-state index in [0.717, 1.165) is 42.0 Å². The fraction of sp³-hybridized carbons (Fsp3) is 0.370. The topological polar surface area (TPSA) is 50.1 Å². The molecule has 0 N–H and O–H groups in total. The molecule has 0 aliphatic carbocycles. The van der Waals surface area contributed by atoms with Gasteiger partial charge in [0.1, 0.15) is 5.82 Å². The zero-order chi connectivity index (χ0) is 22.0. The zero-order valence-corrected chi connectivity index (χ0v) is 19.0. The van der Waals surface area contributed by atoms with Gasteiger partial charge in [0.05, 0.1) is 17.4 Å². The summed E-state index contributed by atoms with van der Waals surface area (Å²) in [4.78, 5) is 14.0. The highest BCUT2D eigenvalue weighted by Gasteiger charge is 2.15. The Hall–Kier alpha value is -3.25. The summed E-state index contributed by atoms with van der Waals surface area (Å²) in [5.41, 5.74) is 5.80. The summed E-state index contributed by atoms with van der Waals surface area (Å²) in [6.07, 6.45) is 14.3. The summed E-state index contributed by atoms with van der Waals surface area (Å²) in [6.45, 7) is 5.56. The van der Waals surface area contributed by atoms with Crippen LogP contribution in [0.15, 0.2) is 61.2 Å². The van der Waals surface area contributed by atoms with E-state index in [9.17, 15) is 0 Å². The van der Waals surface area contributed by atoms with Crippen molar-refractivity contribution < 1.29 is 0 Å². The number of fused-ring (bicyclic) bond motifs is 1. The number of hydrogen-bond donors (Lipinski definition) is 0. The van der Waals surface area contributed by atoms with Crippen LogP contribution in [0.2, 0.25) is 0 Å². The Morgan fingerprint density at radius 2 is 1.61 bits per heavy atom. The third kappa shape index (κ3) is 4.23. The van der Waals surface area contributed by atoms with Gasteiger partial charge in [-0.3, -0.25) is 9.88 Å². The lowest BCUT2D eigenvalue weighted by molar-refractivity contribution is 0.220. The molecule has 4 aromatic rings. The van der Waals surface area contributed by atoms with Crippen LogP contribution in [-0.4, -0.2) is 50.8 Å². The lowest BCUT2D eigenvalue weighted by Gasteiger charge is -2.26. The van der Waals surface area contributed by atoms with Gasteiger partial charge in [-0.05, 0) is 74.2 Å². The molecular formula is C27H30N6. The van der Waals surface area contributed by atoms with Crippen LogP contribution in [0.5, 0.6) is 0 Å². The average Bonchev–Trinajstić information content (AvgIpc) is 3.55. The minimum atomic E-state index is 0.989. The molecule has 0 spiro atoms. The van der Waals surface area contributed by atoms with E-state index in [4.69, 9.17) is 5.10 Å². The predicted octanol–water partition coefficient (Wildman–Crippen LogP) is 5.07. The van der Waals surface area contributed by atoms with Gasteiger partial charge in [0.15, 0.2) is 0 Å². The van der Waals surface area contributed by atoms with Crippen LogP contribution < -0.4 is 4.90 Å². The molecular weight excluding hydrogens is 408 g/mol. The van der Waals surface area contributed by atoms with Gasteiger partial charge in [-0.2, -0.15) is 5.10 Å². The molecule has 2 aliphatic heterocycles. The molecule has 0 saturated carbocycles. The van der Waals surface area contributed by atoms with Crippen LogP contribution in [0.3, 0.4) is 0 Å². The molecule has 5 heterocycles. The quantitative estimate of drug-likeness (QED) is 0.435. The number of hydrogen-bond acceptors (Lipinski definition) is 5. The predicted molar refractivity (Wildman–Crippen MR) is 133 cm³/mol. The van der Waals surface area contributed by atoms with Crippen LogP contribution >= 0.6 is 0 Å². The minimum Gasteiger partial charge on any atom is -0.357 e. The molecule has 0 unspecified atom stereocenters. The smallest absolute Gasteiger partial charge is 0.130 e. The van der Waals surface area contributed by atoms with Gasteiger partial charge in [0.25, 0.3) is 0 Å². The van der Waals surface area contributed by atoms with Crippen LogP contribution in [0, 0.1) is 0 Å². The number of benzene rings is 1. The maximum absolute atomic E-state index is 4.71. The Labute approximate surface area is 194 Å². The number of pyridine rings is 2.